The van der Waals surface area contributed by atoms with Crippen LogP contribution in [-0.4, -0.2) is 72.0 Å². The Kier molecular flexibility index (Phi) is 11.3. The van der Waals surface area contributed by atoms with E-state index in [-0.39, 0.29) is 24.0 Å². The summed E-state index contributed by atoms with van der Waals surface area (Å²) in [6.45, 7) is 6.45. The van der Waals surface area contributed by atoms with Crippen molar-refractivity contribution in [2.45, 2.75) is 19.8 Å². The van der Waals surface area contributed by atoms with Gasteiger partial charge in [0, 0.05) is 45.8 Å². The molecule has 1 atom stereocenters. The Labute approximate surface area is 151 Å². The maximum Gasteiger partial charge on any atom is 0.208 e. The Hall–Kier alpha value is -0.130. The Morgan fingerprint density at radius 3 is 2.73 bits per heavy atom. The molecule has 1 aliphatic rings. The highest BCUT2D eigenvalue weighted by atomic mass is 127. The minimum atomic E-state index is -3.11. The first-order valence-corrected chi connectivity index (χ1v) is 9.33. The summed E-state index contributed by atoms with van der Waals surface area (Å²) in [6.07, 6.45) is 2.95. The summed E-state index contributed by atoms with van der Waals surface area (Å²) in [5.41, 5.74) is 0. The molecule has 9 heteroatoms. The van der Waals surface area contributed by atoms with Gasteiger partial charge >= 0.3 is 0 Å². The van der Waals surface area contributed by atoms with E-state index in [9.17, 15) is 8.42 Å². The van der Waals surface area contributed by atoms with E-state index in [0.29, 0.717) is 25.4 Å². The molecule has 1 fully saturated rings. The molecule has 1 heterocycles. The van der Waals surface area contributed by atoms with E-state index in [1.54, 1.807) is 0 Å². The highest BCUT2D eigenvalue weighted by Crippen LogP contribution is 2.13. The van der Waals surface area contributed by atoms with Gasteiger partial charge in [0.15, 0.2) is 5.96 Å². The summed E-state index contributed by atoms with van der Waals surface area (Å²) in [5, 5.41) is 3.26. The predicted molar refractivity (Wildman–Crippen MR) is 100 cm³/mol. The van der Waals surface area contributed by atoms with Crippen molar-refractivity contribution in [3.63, 3.8) is 0 Å². The van der Waals surface area contributed by atoms with Gasteiger partial charge in [-0.3, -0.25) is 4.99 Å². The Bertz CT molecular complexity index is 425. The molecule has 7 nitrogen and oxygen atoms in total. The second-order valence-corrected chi connectivity index (χ2v) is 7.20. The zero-order valence-electron chi connectivity index (χ0n) is 13.7. The maximum atomic E-state index is 11.0. The number of nitrogens with zero attached hydrogens (tertiary/aromatic N) is 2. The molecule has 0 spiro atoms. The lowest BCUT2D eigenvalue weighted by Crippen LogP contribution is -2.41. The van der Waals surface area contributed by atoms with Crippen LogP contribution in [0.2, 0.25) is 0 Å². The predicted octanol–water partition coefficient (Wildman–Crippen LogP) is 0.478. The van der Waals surface area contributed by atoms with Crippen molar-refractivity contribution in [3.05, 3.63) is 0 Å². The number of nitrogens with one attached hydrogen (secondary N) is 2. The van der Waals surface area contributed by atoms with Crippen LogP contribution in [0.1, 0.15) is 19.8 Å². The lowest BCUT2D eigenvalue weighted by molar-refractivity contribution is 0.181. The number of halogens is 1. The number of sulfonamides is 1. The molecular formula is C13H29IN4O3S. The van der Waals surface area contributed by atoms with E-state index in [1.807, 2.05) is 14.0 Å². The van der Waals surface area contributed by atoms with Gasteiger partial charge in [0.05, 0.1) is 12.9 Å². The Morgan fingerprint density at radius 1 is 1.45 bits per heavy atom. The number of guanidine groups is 1. The normalized spacial score (nSPS) is 18.9. The molecule has 1 unspecified atom stereocenters. The highest BCUT2D eigenvalue weighted by Gasteiger charge is 2.18. The van der Waals surface area contributed by atoms with Gasteiger partial charge in [-0.2, -0.15) is 0 Å². The summed E-state index contributed by atoms with van der Waals surface area (Å²) in [4.78, 5) is 6.65. The quantitative estimate of drug-likeness (QED) is 0.244. The molecule has 22 heavy (non-hydrogen) atoms. The fourth-order valence-electron chi connectivity index (χ4n) is 2.19. The van der Waals surface area contributed by atoms with Crippen molar-refractivity contribution in [3.8, 4) is 0 Å². The molecule has 0 aromatic carbocycles. The molecule has 1 rings (SSSR count). The van der Waals surface area contributed by atoms with Gasteiger partial charge in [0.25, 0.3) is 0 Å². The molecular weight excluding hydrogens is 419 g/mol. The van der Waals surface area contributed by atoms with Crippen molar-refractivity contribution in [1.82, 2.24) is 14.9 Å². The van der Waals surface area contributed by atoms with Gasteiger partial charge in [0.2, 0.25) is 10.0 Å². The lowest BCUT2D eigenvalue weighted by Gasteiger charge is -2.24. The topological polar surface area (TPSA) is 83.0 Å². The molecule has 0 saturated carbocycles. The van der Waals surface area contributed by atoms with E-state index in [0.717, 1.165) is 44.9 Å². The SMILES string of the molecule is CCNC(=NCCCNS(C)(=O)=O)N(C)CC1CCOC1.I. The maximum absolute atomic E-state index is 11.0. The van der Waals surface area contributed by atoms with Crippen molar-refractivity contribution >= 4 is 40.0 Å². The number of aliphatic imine (C=N–C) groups is 1. The van der Waals surface area contributed by atoms with E-state index >= 15 is 0 Å². The molecule has 0 radical (unpaired) electrons. The third kappa shape index (κ3) is 9.80. The Balaban J connectivity index is 0.00000441. The first-order valence-electron chi connectivity index (χ1n) is 7.44. The van der Waals surface area contributed by atoms with Crippen LogP contribution in [0, 0.1) is 5.92 Å². The van der Waals surface area contributed by atoms with Crippen LogP contribution in [0.15, 0.2) is 4.99 Å². The summed E-state index contributed by atoms with van der Waals surface area (Å²) in [6, 6.07) is 0. The fraction of sp³-hybridized carbons (Fsp3) is 0.923. The molecule has 1 saturated heterocycles. The molecule has 0 amide bonds. The van der Waals surface area contributed by atoms with Gasteiger partial charge in [-0.05, 0) is 19.8 Å². The molecule has 0 bridgehead atoms. The van der Waals surface area contributed by atoms with Crippen LogP contribution in [-0.2, 0) is 14.8 Å². The standard InChI is InChI=1S/C13H28N4O3S.HI/c1-4-14-13(15-7-5-8-16-21(3,18)19)17(2)10-12-6-9-20-11-12;/h12,16H,4-11H2,1-3H3,(H,14,15);1H. The third-order valence-electron chi connectivity index (χ3n) is 3.21. The highest BCUT2D eigenvalue weighted by molar-refractivity contribution is 14.0. The zero-order chi connectivity index (χ0) is 15.7. The van der Waals surface area contributed by atoms with Crippen LogP contribution < -0.4 is 10.0 Å². The van der Waals surface area contributed by atoms with Crippen molar-refractivity contribution in [2.24, 2.45) is 10.9 Å². The first-order chi connectivity index (χ1) is 9.92. The van der Waals surface area contributed by atoms with Gasteiger partial charge in [-0.15, -0.1) is 24.0 Å². The largest absolute Gasteiger partial charge is 0.381 e. The second-order valence-electron chi connectivity index (χ2n) is 5.37. The van der Waals surface area contributed by atoms with E-state index in [2.05, 4.69) is 19.9 Å². The van der Waals surface area contributed by atoms with Crippen molar-refractivity contribution in [1.29, 1.82) is 0 Å². The van der Waals surface area contributed by atoms with Crippen LogP contribution in [0.25, 0.3) is 0 Å². The van der Waals surface area contributed by atoms with Crippen molar-refractivity contribution in [2.75, 3.05) is 52.7 Å². The average molecular weight is 448 g/mol. The van der Waals surface area contributed by atoms with Gasteiger partial charge in [-0.25, -0.2) is 13.1 Å². The van der Waals surface area contributed by atoms with E-state index in [1.165, 1.54) is 0 Å². The monoisotopic (exact) mass is 448 g/mol. The average Bonchev–Trinajstić information content (AvgIpc) is 2.88. The summed E-state index contributed by atoms with van der Waals surface area (Å²) in [7, 11) is -1.08. The summed E-state index contributed by atoms with van der Waals surface area (Å²) >= 11 is 0. The lowest BCUT2D eigenvalue weighted by atomic mass is 10.1. The van der Waals surface area contributed by atoms with Crippen molar-refractivity contribution < 1.29 is 13.2 Å². The fourth-order valence-corrected chi connectivity index (χ4v) is 2.71. The minimum absolute atomic E-state index is 0. The van der Waals surface area contributed by atoms with Gasteiger partial charge in [-0.1, -0.05) is 0 Å². The first kappa shape index (κ1) is 21.9. The van der Waals surface area contributed by atoms with Crippen LogP contribution in [0.3, 0.4) is 0 Å². The van der Waals surface area contributed by atoms with Gasteiger partial charge < -0.3 is 15.0 Å². The minimum Gasteiger partial charge on any atom is -0.381 e. The van der Waals surface area contributed by atoms with E-state index < -0.39 is 10.0 Å². The molecule has 0 aliphatic carbocycles. The van der Waals surface area contributed by atoms with Crippen LogP contribution >= 0.6 is 24.0 Å². The number of ether oxygens (including phenoxy) is 1. The molecule has 132 valence electrons. The van der Waals surface area contributed by atoms with Gasteiger partial charge in [0.1, 0.15) is 0 Å². The number of rotatable bonds is 8. The number of hydrogen-bond donors (Lipinski definition) is 2. The molecule has 0 aromatic rings. The van der Waals surface area contributed by atoms with Crippen LogP contribution in [0.5, 0.6) is 0 Å². The smallest absolute Gasteiger partial charge is 0.208 e. The van der Waals surface area contributed by atoms with E-state index in [4.69, 9.17) is 4.74 Å². The zero-order valence-corrected chi connectivity index (χ0v) is 16.8. The second kappa shape index (κ2) is 11.4. The molecule has 2 N–H and O–H groups in total. The Morgan fingerprint density at radius 2 is 2.18 bits per heavy atom. The molecule has 0 aromatic heterocycles. The molecule has 1 aliphatic heterocycles. The number of hydrogen-bond acceptors (Lipinski definition) is 4. The summed E-state index contributed by atoms with van der Waals surface area (Å²) < 4.78 is 29.8. The summed E-state index contributed by atoms with van der Waals surface area (Å²) in [5.74, 6) is 1.43. The van der Waals surface area contributed by atoms with Crippen LogP contribution in [0.4, 0.5) is 0 Å². The third-order valence-corrected chi connectivity index (χ3v) is 3.94.